The average molecular weight is 248 g/mol. The van der Waals surface area contributed by atoms with Gasteiger partial charge in [0.2, 0.25) is 0 Å². The lowest BCUT2D eigenvalue weighted by atomic mass is 10.1. The van der Waals surface area contributed by atoms with E-state index in [4.69, 9.17) is 4.98 Å². The number of aromatic nitrogens is 2. The molecule has 0 spiro atoms. The van der Waals surface area contributed by atoms with Crippen LogP contribution in [0.3, 0.4) is 0 Å². The van der Waals surface area contributed by atoms with Crippen molar-refractivity contribution in [3.8, 4) is 0 Å². The second kappa shape index (κ2) is 5.65. The first-order valence-corrected chi connectivity index (χ1v) is 6.88. The van der Waals surface area contributed by atoms with Gasteiger partial charge in [0.25, 0.3) is 0 Å². The highest BCUT2D eigenvalue weighted by molar-refractivity contribution is 5.40. The molecule has 100 valence electrons. The van der Waals surface area contributed by atoms with Gasteiger partial charge in [-0.3, -0.25) is 0 Å². The summed E-state index contributed by atoms with van der Waals surface area (Å²) in [6.45, 7) is 8.51. The highest BCUT2D eigenvalue weighted by Crippen LogP contribution is 2.20. The van der Waals surface area contributed by atoms with Crippen molar-refractivity contribution in [1.29, 1.82) is 0 Å². The molecule has 0 unspecified atom stereocenters. The van der Waals surface area contributed by atoms with Gasteiger partial charge in [0.05, 0.1) is 0 Å². The van der Waals surface area contributed by atoms with Gasteiger partial charge in [0.15, 0.2) is 0 Å². The van der Waals surface area contributed by atoms with Crippen molar-refractivity contribution in [3.05, 3.63) is 17.6 Å². The average Bonchev–Trinajstić information content (AvgIpc) is 2.38. The molecule has 2 heterocycles. The van der Waals surface area contributed by atoms with Gasteiger partial charge in [-0.25, -0.2) is 9.97 Å². The van der Waals surface area contributed by atoms with Crippen LogP contribution in [0.25, 0.3) is 0 Å². The fourth-order valence-electron chi connectivity index (χ4n) is 2.39. The highest BCUT2D eigenvalue weighted by Gasteiger charge is 2.19. The largest absolute Gasteiger partial charge is 0.356 e. The zero-order valence-electron chi connectivity index (χ0n) is 11.9. The van der Waals surface area contributed by atoms with Crippen LogP contribution in [0, 0.1) is 6.92 Å². The first kappa shape index (κ1) is 13.3. The third-order valence-electron chi connectivity index (χ3n) is 3.60. The molecular weight excluding hydrogens is 224 g/mol. The predicted octanol–water partition coefficient (Wildman–Crippen LogP) is 2.10. The number of anilines is 1. The van der Waals surface area contributed by atoms with Gasteiger partial charge in [-0.2, -0.15) is 0 Å². The summed E-state index contributed by atoms with van der Waals surface area (Å²) >= 11 is 0. The van der Waals surface area contributed by atoms with Gasteiger partial charge in [-0.1, -0.05) is 13.8 Å². The van der Waals surface area contributed by atoms with Gasteiger partial charge in [-0.05, 0) is 26.8 Å². The van der Waals surface area contributed by atoms with E-state index in [9.17, 15) is 0 Å². The summed E-state index contributed by atoms with van der Waals surface area (Å²) in [6.07, 6.45) is 2.38. The Balaban J connectivity index is 2.13. The SMILES string of the molecule is CNC1CCN(c2cc(C)nc(C(C)C)n2)CC1. The lowest BCUT2D eigenvalue weighted by molar-refractivity contribution is 0.440. The van der Waals surface area contributed by atoms with Gasteiger partial charge in [-0.15, -0.1) is 0 Å². The maximum atomic E-state index is 4.70. The van der Waals surface area contributed by atoms with E-state index >= 15 is 0 Å². The van der Waals surface area contributed by atoms with Crippen LogP contribution in [0.2, 0.25) is 0 Å². The molecule has 1 aliphatic heterocycles. The molecule has 0 atom stereocenters. The van der Waals surface area contributed by atoms with Crippen molar-refractivity contribution < 1.29 is 0 Å². The Morgan fingerprint density at radius 3 is 2.50 bits per heavy atom. The summed E-state index contributed by atoms with van der Waals surface area (Å²) in [5.41, 5.74) is 1.07. The number of aryl methyl sites for hydroxylation is 1. The molecule has 4 nitrogen and oxygen atoms in total. The monoisotopic (exact) mass is 248 g/mol. The lowest BCUT2D eigenvalue weighted by Gasteiger charge is -2.33. The zero-order valence-corrected chi connectivity index (χ0v) is 11.9. The van der Waals surface area contributed by atoms with Crippen molar-refractivity contribution >= 4 is 5.82 Å². The van der Waals surface area contributed by atoms with Gasteiger partial charge >= 0.3 is 0 Å². The van der Waals surface area contributed by atoms with Crippen LogP contribution in [-0.4, -0.2) is 36.1 Å². The Kier molecular flexibility index (Phi) is 4.17. The Morgan fingerprint density at radius 2 is 1.94 bits per heavy atom. The van der Waals surface area contributed by atoms with Crippen molar-refractivity contribution in [1.82, 2.24) is 15.3 Å². The minimum atomic E-state index is 0.387. The van der Waals surface area contributed by atoms with E-state index in [1.165, 1.54) is 12.8 Å². The van der Waals surface area contributed by atoms with Gasteiger partial charge < -0.3 is 10.2 Å². The Bertz CT molecular complexity index is 395. The van der Waals surface area contributed by atoms with E-state index in [2.05, 4.69) is 42.0 Å². The number of hydrogen-bond donors (Lipinski definition) is 1. The van der Waals surface area contributed by atoms with Crippen LogP contribution in [0.4, 0.5) is 5.82 Å². The molecule has 1 aliphatic rings. The first-order chi connectivity index (χ1) is 8.60. The topological polar surface area (TPSA) is 41.0 Å². The number of nitrogens with zero attached hydrogens (tertiary/aromatic N) is 3. The predicted molar refractivity (Wildman–Crippen MR) is 75.2 cm³/mol. The van der Waals surface area contributed by atoms with E-state index in [-0.39, 0.29) is 0 Å². The Labute approximate surface area is 110 Å². The van der Waals surface area contributed by atoms with Gasteiger partial charge in [0.1, 0.15) is 11.6 Å². The Hall–Kier alpha value is -1.16. The van der Waals surface area contributed by atoms with Crippen LogP contribution in [0.1, 0.15) is 44.1 Å². The Morgan fingerprint density at radius 1 is 1.28 bits per heavy atom. The van der Waals surface area contributed by atoms with Crippen LogP contribution in [-0.2, 0) is 0 Å². The molecule has 0 bridgehead atoms. The maximum Gasteiger partial charge on any atom is 0.133 e. The molecule has 0 amide bonds. The van der Waals surface area contributed by atoms with Crippen LogP contribution >= 0.6 is 0 Å². The summed E-state index contributed by atoms with van der Waals surface area (Å²) in [5.74, 6) is 2.44. The van der Waals surface area contributed by atoms with Crippen molar-refractivity contribution in [3.63, 3.8) is 0 Å². The lowest BCUT2D eigenvalue weighted by Crippen LogP contribution is -2.41. The number of piperidine rings is 1. The summed E-state index contributed by atoms with van der Waals surface area (Å²) in [4.78, 5) is 11.6. The third kappa shape index (κ3) is 2.99. The molecule has 1 aromatic heterocycles. The second-order valence-corrected chi connectivity index (χ2v) is 5.43. The third-order valence-corrected chi connectivity index (χ3v) is 3.60. The molecular formula is C14H24N4. The minimum Gasteiger partial charge on any atom is -0.356 e. The number of rotatable bonds is 3. The van der Waals surface area contributed by atoms with Crippen molar-refractivity contribution in [2.75, 3.05) is 25.0 Å². The molecule has 1 fully saturated rings. The van der Waals surface area contributed by atoms with Crippen molar-refractivity contribution in [2.24, 2.45) is 0 Å². The molecule has 1 aromatic rings. The van der Waals surface area contributed by atoms with Crippen LogP contribution in [0.15, 0.2) is 6.07 Å². The van der Waals surface area contributed by atoms with Crippen LogP contribution < -0.4 is 10.2 Å². The molecule has 0 radical (unpaired) electrons. The summed E-state index contributed by atoms with van der Waals surface area (Å²) in [5, 5.41) is 3.36. The van der Waals surface area contributed by atoms with E-state index in [0.717, 1.165) is 30.4 Å². The molecule has 2 rings (SSSR count). The molecule has 18 heavy (non-hydrogen) atoms. The highest BCUT2D eigenvalue weighted by atomic mass is 15.2. The van der Waals surface area contributed by atoms with E-state index < -0.39 is 0 Å². The number of hydrogen-bond acceptors (Lipinski definition) is 4. The normalized spacial score (nSPS) is 17.5. The molecule has 1 N–H and O–H groups in total. The fraction of sp³-hybridized carbons (Fsp3) is 0.714. The fourth-order valence-corrected chi connectivity index (χ4v) is 2.39. The maximum absolute atomic E-state index is 4.70. The summed E-state index contributed by atoms with van der Waals surface area (Å²) in [7, 11) is 2.05. The quantitative estimate of drug-likeness (QED) is 0.889. The summed E-state index contributed by atoms with van der Waals surface area (Å²) in [6, 6.07) is 2.76. The molecule has 0 aromatic carbocycles. The first-order valence-electron chi connectivity index (χ1n) is 6.88. The minimum absolute atomic E-state index is 0.387. The van der Waals surface area contributed by atoms with Crippen molar-refractivity contribution in [2.45, 2.75) is 45.6 Å². The zero-order chi connectivity index (χ0) is 13.1. The molecule has 4 heteroatoms. The van der Waals surface area contributed by atoms with E-state index in [1.54, 1.807) is 0 Å². The molecule has 0 saturated carbocycles. The molecule has 0 aliphatic carbocycles. The van der Waals surface area contributed by atoms with Gasteiger partial charge in [0, 0.05) is 36.8 Å². The second-order valence-electron chi connectivity index (χ2n) is 5.43. The van der Waals surface area contributed by atoms with E-state index in [0.29, 0.717) is 12.0 Å². The van der Waals surface area contributed by atoms with E-state index in [1.807, 2.05) is 7.05 Å². The standard InChI is InChI=1S/C14H24N4/c1-10(2)14-16-11(3)9-13(17-14)18-7-5-12(15-4)6-8-18/h9-10,12,15H,5-8H2,1-4H3. The summed E-state index contributed by atoms with van der Waals surface area (Å²) < 4.78 is 0. The number of nitrogens with one attached hydrogen (secondary N) is 1. The van der Waals surface area contributed by atoms with Crippen LogP contribution in [0.5, 0.6) is 0 Å². The smallest absolute Gasteiger partial charge is 0.133 e. The molecule has 1 saturated heterocycles.